The Hall–Kier alpha value is -1.20. The van der Waals surface area contributed by atoms with Gasteiger partial charge in [0, 0.05) is 5.41 Å². The molecular formula is C9H7NO2S2. The van der Waals surface area contributed by atoms with E-state index in [0.29, 0.717) is 5.52 Å². The molecule has 0 aliphatic carbocycles. The van der Waals surface area contributed by atoms with Crippen molar-refractivity contribution in [3.63, 3.8) is 0 Å². The molecule has 0 saturated carbocycles. The Bertz CT molecular complexity index is 551. The van der Waals surface area contributed by atoms with Gasteiger partial charge in [0.15, 0.2) is 0 Å². The highest BCUT2D eigenvalue weighted by Gasteiger charge is 2.14. The number of nitrogens with zero attached hydrogens (tertiary/aromatic N) is 1. The third-order valence-electron chi connectivity index (χ3n) is 1.74. The molecule has 72 valence electrons. The quantitative estimate of drug-likeness (QED) is 0.787. The van der Waals surface area contributed by atoms with Crippen LogP contribution in [0.25, 0.3) is 10.2 Å². The zero-order chi connectivity index (χ0) is 10.2. The molecule has 0 spiro atoms. The predicted octanol–water partition coefficient (Wildman–Crippen LogP) is 2.21. The summed E-state index contributed by atoms with van der Waals surface area (Å²) in [6.45, 7) is 3.26. The van der Waals surface area contributed by atoms with Crippen LogP contribution in [0.4, 0.5) is 0 Å². The molecule has 0 saturated heterocycles. The standard InChI is InChI=1S/C9H7NO2S2/c1-2-14(11,12)9-10-7-5-3-4-6-8(7)13-9/h2-6H,1H2. The molecule has 1 aromatic carbocycles. The number of sulfone groups is 1. The third-order valence-corrected chi connectivity index (χ3v) is 4.53. The number of aromatic nitrogens is 1. The van der Waals surface area contributed by atoms with Crippen LogP contribution in [0.5, 0.6) is 0 Å². The first-order chi connectivity index (χ1) is 6.63. The lowest BCUT2D eigenvalue weighted by Crippen LogP contribution is -1.93. The normalized spacial score (nSPS) is 11.7. The second kappa shape index (κ2) is 3.18. The molecule has 0 aliphatic rings. The number of fused-ring (bicyclic) bond motifs is 1. The molecule has 0 amide bonds. The first-order valence-electron chi connectivity index (χ1n) is 3.86. The summed E-state index contributed by atoms with van der Waals surface area (Å²) in [5, 5.41) is 0.921. The monoisotopic (exact) mass is 225 g/mol. The number of rotatable bonds is 2. The van der Waals surface area contributed by atoms with Crippen LogP contribution in [0.1, 0.15) is 0 Å². The summed E-state index contributed by atoms with van der Waals surface area (Å²) in [5.74, 6) is 0. The molecule has 0 unspecified atom stereocenters. The van der Waals surface area contributed by atoms with Gasteiger partial charge in [-0.1, -0.05) is 18.7 Å². The molecule has 0 atom stereocenters. The fraction of sp³-hybridized carbons (Fsp3) is 0. The largest absolute Gasteiger partial charge is 0.226 e. The van der Waals surface area contributed by atoms with Crippen molar-refractivity contribution >= 4 is 31.4 Å². The van der Waals surface area contributed by atoms with Crippen molar-refractivity contribution < 1.29 is 8.42 Å². The second-order valence-electron chi connectivity index (χ2n) is 2.66. The molecule has 0 aliphatic heterocycles. The van der Waals surface area contributed by atoms with Gasteiger partial charge in [0.1, 0.15) is 0 Å². The van der Waals surface area contributed by atoms with Crippen LogP contribution in [-0.4, -0.2) is 13.4 Å². The van der Waals surface area contributed by atoms with E-state index in [1.807, 2.05) is 18.2 Å². The van der Waals surface area contributed by atoms with Crippen LogP contribution < -0.4 is 0 Å². The minimum absolute atomic E-state index is 0.105. The first-order valence-corrected chi connectivity index (χ1v) is 6.23. The molecule has 3 nitrogen and oxygen atoms in total. The van der Waals surface area contributed by atoms with Crippen LogP contribution in [0.15, 0.2) is 40.6 Å². The molecule has 5 heteroatoms. The number of para-hydroxylation sites is 1. The number of hydrogen-bond donors (Lipinski definition) is 0. The molecule has 1 heterocycles. The highest BCUT2D eigenvalue weighted by atomic mass is 32.2. The summed E-state index contributed by atoms with van der Waals surface area (Å²) in [6, 6.07) is 7.31. The third kappa shape index (κ3) is 1.44. The minimum Gasteiger partial charge on any atom is -0.225 e. The van der Waals surface area contributed by atoms with E-state index in [1.165, 1.54) is 0 Å². The Labute approximate surface area is 85.6 Å². The van der Waals surface area contributed by atoms with Gasteiger partial charge in [-0.2, -0.15) is 0 Å². The van der Waals surface area contributed by atoms with Gasteiger partial charge in [-0.25, -0.2) is 13.4 Å². The Morgan fingerprint density at radius 2 is 2.07 bits per heavy atom. The highest BCUT2D eigenvalue weighted by Crippen LogP contribution is 2.25. The van der Waals surface area contributed by atoms with Crippen molar-refractivity contribution in [3.05, 3.63) is 36.3 Å². The van der Waals surface area contributed by atoms with Gasteiger partial charge in [-0.3, -0.25) is 0 Å². The molecule has 0 N–H and O–H groups in total. The van der Waals surface area contributed by atoms with Gasteiger partial charge in [0.25, 0.3) is 0 Å². The van der Waals surface area contributed by atoms with Crippen molar-refractivity contribution in [2.75, 3.05) is 0 Å². The summed E-state index contributed by atoms with van der Waals surface area (Å²) < 4.78 is 23.8. The smallest absolute Gasteiger partial charge is 0.225 e. The molecule has 0 bridgehead atoms. The SMILES string of the molecule is C=CS(=O)(=O)c1nc2ccccc2s1. The van der Waals surface area contributed by atoms with Crippen LogP contribution >= 0.6 is 11.3 Å². The average molecular weight is 225 g/mol. The van der Waals surface area contributed by atoms with Gasteiger partial charge in [0.05, 0.1) is 10.2 Å². The predicted molar refractivity (Wildman–Crippen MR) is 57.0 cm³/mol. The summed E-state index contributed by atoms with van der Waals surface area (Å²) >= 11 is 1.16. The van der Waals surface area contributed by atoms with Crippen LogP contribution in [0.3, 0.4) is 0 Å². The Morgan fingerprint density at radius 3 is 2.71 bits per heavy atom. The minimum atomic E-state index is -3.39. The van der Waals surface area contributed by atoms with Crippen molar-refractivity contribution in [2.24, 2.45) is 0 Å². The number of benzene rings is 1. The molecular weight excluding hydrogens is 218 g/mol. The van der Waals surface area contributed by atoms with E-state index < -0.39 is 9.84 Å². The molecule has 0 fully saturated rings. The number of hydrogen-bond acceptors (Lipinski definition) is 4. The van der Waals surface area contributed by atoms with E-state index in [2.05, 4.69) is 11.6 Å². The van der Waals surface area contributed by atoms with Crippen molar-refractivity contribution in [2.45, 2.75) is 4.34 Å². The van der Waals surface area contributed by atoms with Crippen molar-refractivity contribution in [3.8, 4) is 0 Å². The topological polar surface area (TPSA) is 47.0 Å². The maximum absolute atomic E-state index is 11.4. The molecule has 2 rings (SSSR count). The molecule has 14 heavy (non-hydrogen) atoms. The van der Waals surface area contributed by atoms with E-state index in [4.69, 9.17) is 0 Å². The van der Waals surface area contributed by atoms with Crippen LogP contribution in [0, 0.1) is 0 Å². The number of thiazole rings is 1. The lowest BCUT2D eigenvalue weighted by atomic mass is 10.3. The molecule has 1 aromatic heterocycles. The zero-order valence-corrected chi connectivity index (χ0v) is 8.81. The van der Waals surface area contributed by atoms with Gasteiger partial charge >= 0.3 is 0 Å². The van der Waals surface area contributed by atoms with E-state index in [0.717, 1.165) is 21.4 Å². The van der Waals surface area contributed by atoms with Gasteiger partial charge < -0.3 is 0 Å². The maximum atomic E-state index is 11.4. The van der Waals surface area contributed by atoms with Crippen molar-refractivity contribution in [1.29, 1.82) is 0 Å². The van der Waals surface area contributed by atoms with Gasteiger partial charge in [-0.15, -0.1) is 11.3 Å². The Balaban J connectivity index is 2.73. The average Bonchev–Trinajstić information content (AvgIpc) is 2.61. The Morgan fingerprint density at radius 1 is 1.36 bits per heavy atom. The molecule has 2 aromatic rings. The zero-order valence-electron chi connectivity index (χ0n) is 7.17. The molecule has 0 radical (unpaired) electrons. The van der Waals surface area contributed by atoms with Crippen molar-refractivity contribution in [1.82, 2.24) is 4.98 Å². The van der Waals surface area contributed by atoms with Crippen LogP contribution in [-0.2, 0) is 9.84 Å². The van der Waals surface area contributed by atoms with E-state index >= 15 is 0 Å². The van der Waals surface area contributed by atoms with E-state index in [1.54, 1.807) is 6.07 Å². The Kier molecular flexibility index (Phi) is 2.13. The lowest BCUT2D eigenvalue weighted by Gasteiger charge is -1.87. The first kappa shape index (κ1) is 9.36. The fourth-order valence-electron chi connectivity index (χ4n) is 1.04. The lowest BCUT2D eigenvalue weighted by molar-refractivity contribution is 0.604. The second-order valence-corrected chi connectivity index (χ2v) is 5.76. The van der Waals surface area contributed by atoms with Gasteiger partial charge in [0.2, 0.25) is 14.2 Å². The van der Waals surface area contributed by atoms with Crippen LogP contribution in [0.2, 0.25) is 0 Å². The summed E-state index contributed by atoms with van der Waals surface area (Å²) in [6.07, 6.45) is 0. The summed E-state index contributed by atoms with van der Waals surface area (Å²) in [5.41, 5.74) is 0.706. The van der Waals surface area contributed by atoms with E-state index in [-0.39, 0.29) is 4.34 Å². The summed E-state index contributed by atoms with van der Waals surface area (Å²) in [7, 11) is -3.39. The highest BCUT2D eigenvalue weighted by molar-refractivity contribution is 7.96. The fourth-order valence-corrected chi connectivity index (χ4v) is 3.05. The summed E-state index contributed by atoms with van der Waals surface area (Å²) in [4.78, 5) is 4.01. The maximum Gasteiger partial charge on any atom is 0.226 e. The van der Waals surface area contributed by atoms with Gasteiger partial charge in [-0.05, 0) is 12.1 Å². The van der Waals surface area contributed by atoms with E-state index in [9.17, 15) is 8.42 Å².